The molecule has 1 aliphatic rings. The van der Waals surface area contributed by atoms with Gasteiger partial charge in [0.1, 0.15) is 11.6 Å². The Bertz CT molecular complexity index is 232. The number of carbonyl (C=O) groups excluding carboxylic acids is 1. The van der Waals surface area contributed by atoms with Crippen LogP contribution < -0.4 is 0 Å². The number of hydrogen-bond donors (Lipinski definition) is 1. The molecular formula is C7H8N2O. The predicted octanol–water partition coefficient (Wildman–Crippen LogP) is 0.856. The highest BCUT2D eigenvalue weighted by molar-refractivity contribution is 5.86. The quantitative estimate of drug-likeness (QED) is 0.622. The number of nitrogens with one attached hydrogen (secondary N) is 1. The van der Waals surface area contributed by atoms with Crippen molar-refractivity contribution in [2.45, 2.75) is 18.8 Å². The molecule has 1 aliphatic carbocycles. The van der Waals surface area contributed by atoms with Crippen LogP contribution in [0.3, 0.4) is 0 Å². The van der Waals surface area contributed by atoms with E-state index in [0.717, 1.165) is 5.82 Å². The predicted molar refractivity (Wildman–Crippen MR) is 35.6 cm³/mol. The molecule has 52 valence electrons. The van der Waals surface area contributed by atoms with Crippen LogP contribution in [0.4, 0.5) is 0 Å². The van der Waals surface area contributed by atoms with E-state index in [0.29, 0.717) is 24.5 Å². The molecule has 3 nitrogen and oxygen atoms in total. The summed E-state index contributed by atoms with van der Waals surface area (Å²) in [6.07, 6.45) is 4.86. The minimum absolute atomic E-state index is 0.349. The normalized spacial score (nSPS) is 19.0. The van der Waals surface area contributed by atoms with E-state index in [1.807, 2.05) is 0 Å². The van der Waals surface area contributed by atoms with Crippen LogP contribution in [-0.4, -0.2) is 15.8 Å². The zero-order valence-corrected chi connectivity index (χ0v) is 5.50. The molecule has 0 saturated heterocycles. The second-order valence-corrected chi connectivity index (χ2v) is 2.62. The number of carbonyl (C=O) groups is 1. The van der Waals surface area contributed by atoms with Gasteiger partial charge in [0.2, 0.25) is 0 Å². The van der Waals surface area contributed by atoms with Crippen LogP contribution in [0.5, 0.6) is 0 Å². The fourth-order valence-electron chi connectivity index (χ4n) is 1.18. The monoisotopic (exact) mass is 136 g/mol. The second kappa shape index (κ2) is 1.94. The number of hydrogen-bond acceptors (Lipinski definition) is 2. The Kier molecular flexibility index (Phi) is 1.09. The maximum atomic E-state index is 10.6. The number of nitrogens with zero attached hydrogens (tertiary/aromatic N) is 1. The number of ketones is 1. The molecule has 0 aliphatic heterocycles. The molecule has 1 heterocycles. The standard InChI is InChI=1S/C7H8N2O/c10-6-3-5(4-6)7-8-1-2-9-7/h1-2,5H,3-4H2,(H,8,9). The van der Waals surface area contributed by atoms with Gasteiger partial charge in [-0.3, -0.25) is 4.79 Å². The number of rotatable bonds is 1. The minimum atomic E-state index is 0.349. The Balaban J connectivity index is 2.10. The molecule has 2 rings (SSSR count). The molecule has 1 aromatic heterocycles. The highest BCUT2D eigenvalue weighted by atomic mass is 16.1. The lowest BCUT2D eigenvalue weighted by Gasteiger charge is -2.21. The van der Waals surface area contributed by atoms with Crippen LogP contribution in [0, 0.1) is 0 Å². The van der Waals surface area contributed by atoms with Crippen LogP contribution in [-0.2, 0) is 4.79 Å². The summed E-state index contributed by atoms with van der Waals surface area (Å²) >= 11 is 0. The lowest BCUT2D eigenvalue weighted by Crippen LogP contribution is -2.21. The third kappa shape index (κ3) is 0.744. The van der Waals surface area contributed by atoms with Gasteiger partial charge in [0.25, 0.3) is 0 Å². The molecule has 0 aromatic carbocycles. The second-order valence-electron chi connectivity index (χ2n) is 2.62. The molecular weight excluding hydrogens is 128 g/mol. The Morgan fingerprint density at radius 2 is 2.40 bits per heavy atom. The van der Waals surface area contributed by atoms with Gasteiger partial charge < -0.3 is 4.98 Å². The van der Waals surface area contributed by atoms with Crippen molar-refractivity contribution < 1.29 is 4.79 Å². The van der Waals surface area contributed by atoms with E-state index in [2.05, 4.69) is 9.97 Å². The first kappa shape index (κ1) is 5.65. The first-order chi connectivity index (χ1) is 4.86. The van der Waals surface area contributed by atoms with Crippen molar-refractivity contribution in [1.82, 2.24) is 9.97 Å². The van der Waals surface area contributed by atoms with Crippen LogP contribution in [0.1, 0.15) is 24.6 Å². The average Bonchev–Trinajstić information content (AvgIpc) is 2.31. The van der Waals surface area contributed by atoms with Crippen molar-refractivity contribution in [3.05, 3.63) is 18.2 Å². The third-order valence-corrected chi connectivity index (χ3v) is 1.85. The molecule has 1 N–H and O–H groups in total. The highest BCUT2D eigenvalue weighted by Crippen LogP contribution is 2.30. The van der Waals surface area contributed by atoms with E-state index in [1.54, 1.807) is 12.4 Å². The summed E-state index contributed by atoms with van der Waals surface area (Å²) in [6, 6.07) is 0. The molecule has 0 amide bonds. The summed E-state index contributed by atoms with van der Waals surface area (Å²) in [5, 5.41) is 0. The SMILES string of the molecule is O=C1CC(c2ncc[nH]2)C1. The first-order valence-corrected chi connectivity index (χ1v) is 3.37. The zero-order chi connectivity index (χ0) is 6.97. The van der Waals surface area contributed by atoms with Crippen LogP contribution in [0.2, 0.25) is 0 Å². The van der Waals surface area contributed by atoms with E-state index >= 15 is 0 Å². The van der Waals surface area contributed by atoms with Crippen molar-refractivity contribution in [2.24, 2.45) is 0 Å². The van der Waals surface area contributed by atoms with Gasteiger partial charge in [-0.25, -0.2) is 4.98 Å². The molecule has 1 fully saturated rings. The van der Waals surface area contributed by atoms with Crippen LogP contribution in [0.25, 0.3) is 0 Å². The summed E-state index contributed by atoms with van der Waals surface area (Å²) in [7, 11) is 0. The fourth-order valence-corrected chi connectivity index (χ4v) is 1.18. The largest absolute Gasteiger partial charge is 0.348 e. The van der Waals surface area contributed by atoms with Gasteiger partial charge in [-0.05, 0) is 0 Å². The maximum Gasteiger partial charge on any atom is 0.134 e. The number of imidazole rings is 1. The Labute approximate surface area is 58.5 Å². The van der Waals surface area contributed by atoms with Gasteiger partial charge in [0.05, 0.1) is 0 Å². The molecule has 10 heavy (non-hydrogen) atoms. The van der Waals surface area contributed by atoms with Gasteiger partial charge in [-0.15, -0.1) is 0 Å². The van der Waals surface area contributed by atoms with Crippen LogP contribution >= 0.6 is 0 Å². The highest BCUT2D eigenvalue weighted by Gasteiger charge is 2.29. The smallest absolute Gasteiger partial charge is 0.134 e. The Hall–Kier alpha value is -1.12. The van der Waals surface area contributed by atoms with Gasteiger partial charge in [-0.1, -0.05) is 0 Å². The molecule has 1 saturated carbocycles. The van der Waals surface area contributed by atoms with Crippen molar-refractivity contribution in [2.75, 3.05) is 0 Å². The lowest BCUT2D eigenvalue weighted by molar-refractivity contribution is -0.124. The molecule has 0 radical (unpaired) electrons. The summed E-state index contributed by atoms with van der Waals surface area (Å²) in [4.78, 5) is 17.6. The lowest BCUT2D eigenvalue weighted by atomic mass is 9.83. The van der Waals surface area contributed by atoms with Gasteiger partial charge in [0, 0.05) is 31.2 Å². The molecule has 1 aromatic rings. The van der Waals surface area contributed by atoms with Crippen molar-refractivity contribution in [3.8, 4) is 0 Å². The van der Waals surface area contributed by atoms with E-state index < -0.39 is 0 Å². The van der Waals surface area contributed by atoms with Crippen LogP contribution in [0.15, 0.2) is 12.4 Å². The van der Waals surface area contributed by atoms with Gasteiger partial charge >= 0.3 is 0 Å². The molecule has 0 spiro atoms. The zero-order valence-electron chi connectivity index (χ0n) is 5.50. The van der Waals surface area contributed by atoms with Crippen molar-refractivity contribution in [3.63, 3.8) is 0 Å². The first-order valence-electron chi connectivity index (χ1n) is 3.37. The summed E-state index contributed by atoms with van der Waals surface area (Å²) in [5.74, 6) is 1.68. The third-order valence-electron chi connectivity index (χ3n) is 1.85. The Morgan fingerprint density at radius 3 is 2.90 bits per heavy atom. The Morgan fingerprint density at radius 1 is 1.60 bits per heavy atom. The fraction of sp³-hybridized carbons (Fsp3) is 0.429. The molecule has 0 bridgehead atoms. The summed E-state index contributed by atoms with van der Waals surface area (Å²) in [5.41, 5.74) is 0. The molecule has 3 heteroatoms. The summed E-state index contributed by atoms with van der Waals surface area (Å²) in [6.45, 7) is 0. The van der Waals surface area contributed by atoms with Crippen molar-refractivity contribution in [1.29, 1.82) is 0 Å². The molecule has 0 atom stereocenters. The number of H-pyrrole nitrogens is 1. The van der Waals surface area contributed by atoms with E-state index in [1.165, 1.54) is 0 Å². The van der Waals surface area contributed by atoms with E-state index in [9.17, 15) is 4.79 Å². The molecule has 0 unspecified atom stereocenters. The topological polar surface area (TPSA) is 45.8 Å². The average molecular weight is 136 g/mol. The van der Waals surface area contributed by atoms with Gasteiger partial charge in [-0.2, -0.15) is 0 Å². The van der Waals surface area contributed by atoms with E-state index in [-0.39, 0.29) is 0 Å². The maximum absolute atomic E-state index is 10.6. The number of Topliss-reactive ketones (excluding diaryl/α,β-unsaturated/α-hetero) is 1. The van der Waals surface area contributed by atoms with Gasteiger partial charge in [0.15, 0.2) is 0 Å². The van der Waals surface area contributed by atoms with Crippen molar-refractivity contribution >= 4 is 5.78 Å². The number of aromatic amines is 1. The number of aromatic nitrogens is 2. The minimum Gasteiger partial charge on any atom is -0.348 e. The summed E-state index contributed by atoms with van der Waals surface area (Å²) < 4.78 is 0. The van der Waals surface area contributed by atoms with E-state index in [4.69, 9.17) is 0 Å².